The SMILES string of the molecule is C=CCn1c(COc2cccc(C)c2)nnc1SC(C)C(=O)N1c2ccccc2NC(=O)C1(C)C. The number of carbonyl (C=O) groups is 2. The lowest BCUT2D eigenvalue weighted by Gasteiger charge is -2.43. The van der Waals surface area contributed by atoms with Gasteiger partial charge in [-0.1, -0.05) is 42.1 Å². The predicted octanol–water partition coefficient (Wildman–Crippen LogP) is 4.60. The van der Waals surface area contributed by atoms with Gasteiger partial charge >= 0.3 is 0 Å². The summed E-state index contributed by atoms with van der Waals surface area (Å²) in [5.74, 6) is 0.969. The Bertz CT molecular complexity index is 1270. The van der Waals surface area contributed by atoms with Gasteiger partial charge in [0.25, 0.3) is 0 Å². The molecule has 0 fully saturated rings. The van der Waals surface area contributed by atoms with E-state index < -0.39 is 10.8 Å². The number of nitrogens with zero attached hydrogens (tertiary/aromatic N) is 4. The Balaban J connectivity index is 1.55. The molecule has 2 aromatic carbocycles. The molecule has 182 valence electrons. The molecule has 0 bridgehead atoms. The van der Waals surface area contributed by atoms with Gasteiger partial charge in [0.2, 0.25) is 11.8 Å². The largest absolute Gasteiger partial charge is 0.486 e. The second kappa shape index (κ2) is 9.95. The quantitative estimate of drug-likeness (QED) is 0.366. The second-order valence-corrected chi connectivity index (χ2v) is 10.2. The molecule has 1 aliphatic rings. The number of amides is 2. The van der Waals surface area contributed by atoms with Gasteiger partial charge in [0, 0.05) is 6.54 Å². The van der Waals surface area contributed by atoms with E-state index in [0.717, 1.165) is 11.3 Å². The molecule has 1 aliphatic heterocycles. The van der Waals surface area contributed by atoms with Crippen LogP contribution in [-0.4, -0.2) is 37.4 Å². The lowest BCUT2D eigenvalue weighted by molar-refractivity contribution is -0.126. The van der Waals surface area contributed by atoms with Crippen molar-refractivity contribution in [3.8, 4) is 5.75 Å². The normalized spacial score (nSPS) is 15.2. The molecule has 0 spiro atoms. The van der Waals surface area contributed by atoms with Crippen molar-refractivity contribution in [2.24, 2.45) is 0 Å². The zero-order chi connectivity index (χ0) is 25.2. The molecule has 1 unspecified atom stereocenters. The molecule has 3 aromatic rings. The highest BCUT2D eigenvalue weighted by atomic mass is 32.2. The van der Waals surface area contributed by atoms with E-state index in [2.05, 4.69) is 22.1 Å². The van der Waals surface area contributed by atoms with Crippen LogP contribution < -0.4 is 15.0 Å². The number of carbonyl (C=O) groups excluding carboxylic acids is 2. The molecule has 1 aromatic heterocycles. The minimum atomic E-state index is -1.04. The number of anilines is 2. The number of nitrogens with one attached hydrogen (secondary N) is 1. The summed E-state index contributed by atoms with van der Waals surface area (Å²) in [5.41, 5.74) is 1.36. The Morgan fingerprint density at radius 1 is 1.23 bits per heavy atom. The maximum Gasteiger partial charge on any atom is 0.250 e. The van der Waals surface area contributed by atoms with E-state index in [0.29, 0.717) is 28.9 Å². The van der Waals surface area contributed by atoms with Gasteiger partial charge in [0.15, 0.2) is 11.0 Å². The number of ether oxygens (including phenoxy) is 1. The Labute approximate surface area is 209 Å². The number of hydrogen-bond donors (Lipinski definition) is 1. The third kappa shape index (κ3) is 4.95. The Hall–Kier alpha value is -3.59. The van der Waals surface area contributed by atoms with Crippen molar-refractivity contribution in [1.29, 1.82) is 0 Å². The fourth-order valence-corrected chi connectivity index (χ4v) is 4.83. The first kappa shape index (κ1) is 24.5. The molecule has 2 amide bonds. The summed E-state index contributed by atoms with van der Waals surface area (Å²) in [6.45, 7) is 11.9. The van der Waals surface area contributed by atoms with Gasteiger partial charge in [-0.15, -0.1) is 16.8 Å². The summed E-state index contributed by atoms with van der Waals surface area (Å²) >= 11 is 1.30. The molecule has 1 N–H and O–H groups in total. The van der Waals surface area contributed by atoms with Crippen LogP contribution in [-0.2, 0) is 22.7 Å². The van der Waals surface area contributed by atoms with Gasteiger partial charge in [-0.25, -0.2) is 0 Å². The maximum absolute atomic E-state index is 13.7. The van der Waals surface area contributed by atoms with E-state index in [1.807, 2.05) is 60.9 Å². The van der Waals surface area contributed by atoms with Crippen LogP contribution in [0.25, 0.3) is 0 Å². The number of benzene rings is 2. The zero-order valence-electron chi connectivity index (χ0n) is 20.3. The molecule has 35 heavy (non-hydrogen) atoms. The van der Waals surface area contributed by atoms with E-state index in [1.165, 1.54) is 11.8 Å². The standard InChI is InChI=1S/C26H29N5O3S/c1-6-14-30-22(16-34-19-11-9-10-17(2)15-19)28-29-25(30)35-18(3)23(32)31-21-13-8-7-12-20(21)27-24(33)26(31,4)5/h6-13,15,18H,1,14,16H2,2-5H3,(H,27,33). The number of thioether (sulfide) groups is 1. The third-order valence-electron chi connectivity index (χ3n) is 5.82. The highest BCUT2D eigenvalue weighted by Crippen LogP contribution is 2.38. The fourth-order valence-electron chi connectivity index (χ4n) is 3.92. The van der Waals surface area contributed by atoms with Crippen LogP contribution >= 0.6 is 11.8 Å². The first-order chi connectivity index (χ1) is 16.7. The van der Waals surface area contributed by atoms with E-state index >= 15 is 0 Å². The topological polar surface area (TPSA) is 89.3 Å². The van der Waals surface area contributed by atoms with Gasteiger partial charge < -0.3 is 10.1 Å². The molecule has 0 radical (unpaired) electrons. The van der Waals surface area contributed by atoms with Gasteiger partial charge in [-0.2, -0.15) is 0 Å². The number of allylic oxidation sites excluding steroid dienone is 1. The van der Waals surface area contributed by atoms with Gasteiger partial charge in [-0.3, -0.25) is 19.1 Å². The number of fused-ring (bicyclic) bond motifs is 1. The summed E-state index contributed by atoms with van der Waals surface area (Å²) in [5, 5.41) is 11.6. The van der Waals surface area contributed by atoms with Crippen LogP contribution in [0.15, 0.2) is 66.3 Å². The number of hydrogen-bond acceptors (Lipinski definition) is 6. The van der Waals surface area contributed by atoms with Gasteiger partial charge in [0.05, 0.1) is 16.6 Å². The maximum atomic E-state index is 13.7. The van der Waals surface area contributed by atoms with Crippen molar-refractivity contribution in [2.45, 2.75) is 56.8 Å². The molecular weight excluding hydrogens is 462 g/mol. The van der Waals surface area contributed by atoms with Crippen LogP contribution in [0.1, 0.15) is 32.2 Å². The predicted molar refractivity (Wildman–Crippen MR) is 138 cm³/mol. The smallest absolute Gasteiger partial charge is 0.250 e. The number of para-hydroxylation sites is 2. The van der Waals surface area contributed by atoms with Crippen molar-refractivity contribution in [1.82, 2.24) is 14.8 Å². The lowest BCUT2D eigenvalue weighted by Crippen LogP contribution is -2.60. The van der Waals surface area contributed by atoms with Crippen molar-refractivity contribution < 1.29 is 14.3 Å². The molecule has 2 heterocycles. The minimum absolute atomic E-state index is 0.187. The molecular formula is C26H29N5O3S. The summed E-state index contributed by atoms with van der Waals surface area (Å²) in [6, 6.07) is 15.1. The number of rotatable bonds is 8. The van der Waals surface area contributed by atoms with Crippen molar-refractivity contribution in [3.05, 3.63) is 72.6 Å². The van der Waals surface area contributed by atoms with Gasteiger partial charge in [-0.05, 0) is 57.5 Å². The van der Waals surface area contributed by atoms with Gasteiger partial charge in [0.1, 0.15) is 17.9 Å². The van der Waals surface area contributed by atoms with Crippen LogP contribution in [0, 0.1) is 6.92 Å². The zero-order valence-corrected chi connectivity index (χ0v) is 21.1. The number of aromatic nitrogens is 3. The van der Waals surface area contributed by atoms with Crippen molar-refractivity contribution in [2.75, 3.05) is 10.2 Å². The van der Waals surface area contributed by atoms with Crippen molar-refractivity contribution in [3.63, 3.8) is 0 Å². The monoisotopic (exact) mass is 491 g/mol. The molecule has 9 heteroatoms. The van der Waals surface area contributed by atoms with Crippen molar-refractivity contribution >= 4 is 35.0 Å². The molecule has 0 aliphatic carbocycles. The second-order valence-electron chi connectivity index (χ2n) is 8.87. The Morgan fingerprint density at radius 2 is 2.00 bits per heavy atom. The molecule has 4 rings (SSSR count). The molecule has 0 saturated heterocycles. The molecule has 8 nitrogen and oxygen atoms in total. The summed E-state index contributed by atoms with van der Waals surface area (Å²) in [7, 11) is 0. The van der Waals surface area contributed by atoms with E-state index in [1.54, 1.807) is 30.9 Å². The fraction of sp³-hybridized carbons (Fsp3) is 0.308. The molecule has 1 atom stereocenters. The summed E-state index contributed by atoms with van der Waals surface area (Å²) in [6.07, 6.45) is 1.75. The van der Waals surface area contributed by atoms with Crippen LogP contribution in [0.3, 0.4) is 0 Å². The third-order valence-corrected chi connectivity index (χ3v) is 6.89. The first-order valence-electron chi connectivity index (χ1n) is 11.4. The van der Waals surface area contributed by atoms with Crippen LogP contribution in [0.4, 0.5) is 11.4 Å². The lowest BCUT2D eigenvalue weighted by atomic mass is 9.96. The summed E-state index contributed by atoms with van der Waals surface area (Å²) < 4.78 is 7.80. The summed E-state index contributed by atoms with van der Waals surface area (Å²) in [4.78, 5) is 28.0. The van der Waals surface area contributed by atoms with Crippen LogP contribution in [0.5, 0.6) is 5.75 Å². The first-order valence-corrected chi connectivity index (χ1v) is 12.2. The Kier molecular flexibility index (Phi) is 6.98. The highest BCUT2D eigenvalue weighted by molar-refractivity contribution is 8.00. The minimum Gasteiger partial charge on any atom is -0.486 e. The Morgan fingerprint density at radius 3 is 2.74 bits per heavy atom. The number of aryl methyl sites for hydroxylation is 1. The van der Waals surface area contributed by atoms with E-state index in [4.69, 9.17) is 4.74 Å². The van der Waals surface area contributed by atoms with E-state index in [-0.39, 0.29) is 18.4 Å². The van der Waals surface area contributed by atoms with Crippen LogP contribution in [0.2, 0.25) is 0 Å². The average Bonchev–Trinajstić information content (AvgIpc) is 3.19. The van der Waals surface area contributed by atoms with E-state index in [9.17, 15) is 9.59 Å². The average molecular weight is 492 g/mol. The highest BCUT2D eigenvalue weighted by Gasteiger charge is 2.45. The molecule has 0 saturated carbocycles.